The van der Waals surface area contributed by atoms with E-state index in [2.05, 4.69) is 30.3 Å². The summed E-state index contributed by atoms with van der Waals surface area (Å²) >= 11 is 0. The van der Waals surface area contributed by atoms with Gasteiger partial charge in [0.2, 0.25) is 0 Å². The van der Waals surface area contributed by atoms with Gasteiger partial charge in [-0.3, -0.25) is 0 Å². The lowest BCUT2D eigenvalue weighted by molar-refractivity contribution is 0.263. The van der Waals surface area contributed by atoms with Crippen molar-refractivity contribution >= 4 is 0 Å². The highest BCUT2D eigenvalue weighted by atomic mass is 14.6. The van der Waals surface area contributed by atoms with Crippen molar-refractivity contribution in [3.8, 4) is 0 Å². The van der Waals surface area contributed by atoms with Gasteiger partial charge in [-0.05, 0) is 36.8 Å². The Morgan fingerprint density at radius 2 is 1.92 bits per heavy atom. The second-order valence-corrected chi connectivity index (χ2v) is 3.59. The minimum Gasteiger partial charge on any atom is -0.330 e. The summed E-state index contributed by atoms with van der Waals surface area (Å²) in [7, 11) is 0. The van der Waals surface area contributed by atoms with Gasteiger partial charge in [0.1, 0.15) is 0 Å². The fraction of sp³-hybridized carbons (Fsp3) is 0.455. The predicted octanol–water partition coefficient (Wildman–Crippen LogP) is 2.14. The second-order valence-electron chi connectivity index (χ2n) is 3.59. The van der Waals surface area contributed by atoms with Crippen LogP contribution in [-0.2, 0) is 0 Å². The molecule has 1 aromatic carbocycles. The van der Waals surface area contributed by atoms with Gasteiger partial charge in [-0.25, -0.2) is 0 Å². The molecule has 2 rings (SSSR count). The van der Waals surface area contributed by atoms with Gasteiger partial charge in [0.25, 0.3) is 0 Å². The van der Waals surface area contributed by atoms with Crippen LogP contribution in [0.25, 0.3) is 0 Å². The maximum atomic E-state index is 5.66. The SMILES string of the molecule is NC[C@H]1CC[C@@H]1c1ccccc1. The highest BCUT2D eigenvalue weighted by Crippen LogP contribution is 2.41. The lowest BCUT2D eigenvalue weighted by Gasteiger charge is -2.36. The molecule has 0 unspecified atom stereocenters. The summed E-state index contributed by atoms with van der Waals surface area (Å²) in [5.41, 5.74) is 7.13. The molecule has 2 N–H and O–H groups in total. The molecular formula is C11H15N. The zero-order chi connectivity index (χ0) is 8.39. The highest BCUT2D eigenvalue weighted by Gasteiger charge is 2.30. The molecule has 1 heteroatoms. The summed E-state index contributed by atoms with van der Waals surface area (Å²) in [6, 6.07) is 10.7. The Bertz CT molecular complexity index is 240. The van der Waals surface area contributed by atoms with Crippen LogP contribution in [-0.4, -0.2) is 6.54 Å². The molecule has 0 heterocycles. The quantitative estimate of drug-likeness (QED) is 0.706. The monoisotopic (exact) mass is 161 g/mol. The van der Waals surface area contributed by atoms with Crippen LogP contribution in [0.5, 0.6) is 0 Å². The summed E-state index contributed by atoms with van der Waals surface area (Å²) in [4.78, 5) is 0. The summed E-state index contributed by atoms with van der Waals surface area (Å²) < 4.78 is 0. The molecule has 1 nitrogen and oxygen atoms in total. The van der Waals surface area contributed by atoms with Crippen molar-refractivity contribution in [2.75, 3.05) is 6.54 Å². The van der Waals surface area contributed by atoms with Crippen LogP contribution in [0.4, 0.5) is 0 Å². The first-order valence-electron chi connectivity index (χ1n) is 4.67. The molecule has 0 saturated heterocycles. The molecule has 2 atom stereocenters. The minimum atomic E-state index is 0.743. The third-order valence-electron chi connectivity index (χ3n) is 2.95. The third-order valence-corrected chi connectivity index (χ3v) is 2.95. The molecule has 1 aromatic rings. The van der Waals surface area contributed by atoms with Gasteiger partial charge < -0.3 is 5.73 Å². The number of hydrogen-bond acceptors (Lipinski definition) is 1. The third kappa shape index (κ3) is 1.25. The van der Waals surface area contributed by atoms with Gasteiger partial charge in [-0.1, -0.05) is 30.3 Å². The molecule has 0 spiro atoms. The first kappa shape index (κ1) is 7.81. The lowest BCUT2D eigenvalue weighted by Crippen LogP contribution is -2.30. The van der Waals surface area contributed by atoms with Crippen molar-refractivity contribution in [2.45, 2.75) is 18.8 Å². The molecule has 12 heavy (non-hydrogen) atoms. The Balaban J connectivity index is 2.11. The topological polar surface area (TPSA) is 26.0 Å². The molecule has 1 aliphatic carbocycles. The van der Waals surface area contributed by atoms with Gasteiger partial charge in [0.15, 0.2) is 0 Å². The van der Waals surface area contributed by atoms with Crippen molar-refractivity contribution in [3.05, 3.63) is 35.9 Å². The van der Waals surface area contributed by atoms with E-state index in [1.807, 2.05) is 0 Å². The molecule has 1 aliphatic rings. The van der Waals surface area contributed by atoms with Gasteiger partial charge >= 0.3 is 0 Å². The van der Waals surface area contributed by atoms with Crippen LogP contribution in [0.2, 0.25) is 0 Å². The van der Waals surface area contributed by atoms with Crippen molar-refractivity contribution in [3.63, 3.8) is 0 Å². The standard InChI is InChI=1S/C11H15N/c12-8-10-6-7-11(10)9-4-2-1-3-5-9/h1-5,10-11H,6-8,12H2/t10-,11-/m1/s1. The molecule has 0 bridgehead atoms. The largest absolute Gasteiger partial charge is 0.330 e. The minimum absolute atomic E-state index is 0.743. The highest BCUT2D eigenvalue weighted by molar-refractivity contribution is 5.22. The Labute approximate surface area is 73.6 Å². The van der Waals surface area contributed by atoms with Crippen LogP contribution in [0.1, 0.15) is 24.3 Å². The average molecular weight is 161 g/mol. The maximum Gasteiger partial charge on any atom is -0.00430 e. The first-order chi connectivity index (χ1) is 5.92. The molecule has 0 aromatic heterocycles. The number of nitrogens with two attached hydrogens (primary N) is 1. The fourth-order valence-corrected chi connectivity index (χ4v) is 1.99. The molecule has 0 amide bonds. The summed E-state index contributed by atoms with van der Waals surface area (Å²) in [5.74, 6) is 1.49. The van der Waals surface area contributed by atoms with Crippen LogP contribution in [0, 0.1) is 5.92 Å². The number of benzene rings is 1. The van der Waals surface area contributed by atoms with E-state index >= 15 is 0 Å². The molecule has 0 radical (unpaired) electrons. The van der Waals surface area contributed by atoms with Crippen molar-refractivity contribution < 1.29 is 0 Å². The number of rotatable bonds is 2. The summed E-state index contributed by atoms with van der Waals surface area (Å²) in [6.07, 6.45) is 2.64. The van der Waals surface area contributed by atoms with Gasteiger partial charge in [-0.15, -0.1) is 0 Å². The lowest BCUT2D eigenvalue weighted by atomic mass is 9.70. The molecular weight excluding hydrogens is 146 g/mol. The van der Waals surface area contributed by atoms with Crippen molar-refractivity contribution in [1.29, 1.82) is 0 Å². The van der Waals surface area contributed by atoms with Crippen LogP contribution in [0.15, 0.2) is 30.3 Å². The molecule has 1 fully saturated rings. The Morgan fingerprint density at radius 3 is 2.42 bits per heavy atom. The van der Waals surface area contributed by atoms with E-state index in [9.17, 15) is 0 Å². The van der Waals surface area contributed by atoms with Crippen molar-refractivity contribution in [1.82, 2.24) is 0 Å². The van der Waals surface area contributed by atoms with Gasteiger partial charge in [-0.2, -0.15) is 0 Å². The van der Waals surface area contributed by atoms with Crippen LogP contribution in [0.3, 0.4) is 0 Å². The van der Waals surface area contributed by atoms with E-state index in [1.165, 1.54) is 18.4 Å². The molecule has 64 valence electrons. The van der Waals surface area contributed by atoms with Crippen molar-refractivity contribution in [2.24, 2.45) is 11.7 Å². The van der Waals surface area contributed by atoms with Crippen LogP contribution >= 0.6 is 0 Å². The van der Waals surface area contributed by atoms with E-state index < -0.39 is 0 Å². The van der Waals surface area contributed by atoms with E-state index in [1.54, 1.807) is 0 Å². The second kappa shape index (κ2) is 3.28. The summed E-state index contributed by atoms with van der Waals surface area (Å²) in [6.45, 7) is 0.847. The first-order valence-corrected chi connectivity index (χ1v) is 4.67. The van der Waals surface area contributed by atoms with Gasteiger partial charge in [0.05, 0.1) is 0 Å². The normalized spacial score (nSPS) is 28.1. The zero-order valence-electron chi connectivity index (χ0n) is 7.24. The maximum absolute atomic E-state index is 5.66. The van der Waals surface area contributed by atoms with E-state index in [-0.39, 0.29) is 0 Å². The fourth-order valence-electron chi connectivity index (χ4n) is 1.99. The van der Waals surface area contributed by atoms with Crippen LogP contribution < -0.4 is 5.73 Å². The molecule has 1 saturated carbocycles. The Morgan fingerprint density at radius 1 is 1.17 bits per heavy atom. The smallest absolute Gasteiger partial charge is 0.00430 e. The molecule has 0 aliphatic heterocycles. The van der Waals surface area contributed by atoms with E-state index in [4.69, 9.17) is 5.73 Å². The zero-order valence-corrected chi connectivity index (χ0v) is 7.24. The van der Waals surface area contributed by atoms with Gasteiger partial charge in [0, 0.05) is 0 Å². The average Bonchev–Trinajstić information content (AvgIpc) is 2.05. The summed E-state index contributed by atoms with van der Waals surface area (Å²) in [5, 5.41) is 0. The van der Waals surface area contributed by atoms with E-state index in [0.29, 0.717) is 0 Å². The Hall–Kier alpha value is -0.820. The Kier molecular flexibility index (Phi) is 2.13. The predicted molar refractivity (Wildman–Crippen MR) is 51.0 cm³/mol. The number of hydrogen-bond donors (Lipinski definition) is 1. The van der Waals surface area contributed by atoms with E-state index in [0.717, 1.165) is 18.4 Å².